The Labute approximate surface area is 85.7 Å². The number of anilines is 1. The molecule has 0 aromatic heterocycles. The summed E-state index contributed by atoms with van der Waals surface area (Å²) >= 11 is 0. The molecule has 0 saturated carbocycles. The van der Waals surface area contributed by atoms with Gasteiger partial charge in [-0.1, -0.05) is 18.2 Å². The van der Waals surface area contributed by atoms with Crippen LogP contribution in [0.15, 0.2) is 24.3 Å². The Kier molecular flexibility index (Phi) is 3.04. The van der Waals surface area contributed by atoms with Crippen molar-refractivity contribution in [3.63, 3.8) is 0 Å². The molecule has 2 N–H and O–H groups in total. The summed E-state index contributed by atoms with van der Waals surface area (Å²) in [5, 5.41) is 6.65. The predicted molar refractivity (Wildman–Crippen MR) is 60.8 cm³/mol. The Morgan fingerprint density at radius 1 is 1.43 bits per heavy atom. The first-order valence-corrected chi connectivity index (χ1v) is 5.39. The van der Waals surface area contributed by atoms with E-state index in [1.54, 1.807) is 0 Å². The second-order valence-corrected chi connectivity index (χ2v) is 3.91. The predicted octanol–water partition coefficient (Wildman–Crippen LogP) is 2.20. The van der Waals surface area contributed by atoms with Gasteiger partial charge in [0, 0.05) is 18.2 Å². The van der Waals surface area contributed by atoms with Crippen molar-refractivity contribution in [2.45, 2.75) is 18.8 Å². The van der Waals surface area contributed by atoms with Crippen LogP contribution in [0.2, 0.25) is 0 Å². The Bertz CT molecular complexity index is 296. The van der Waals surface area contributed by atoms with Crippen molar-refractivity contribution in [3.8, 4) is 0 Å². The fraction of sp³-hybridized carbons (Fsp3) is 0.500. The monoisotopic (exact) mass is 190 g/mol. The molecule has 0 saturated heterocycles. The molecule has 0 radical (unpaired) electrons. The van der Waals surface area contributed by atoms with Gasteiger partial charge in [0.25, 0.3) is 0 Å². The lowest BCUT2D eigenvalue weighted by atomic mass is 9.96. The van der Waals surface area contributed by atoms with E-state index in [4.69, 9.17) is 0 Å². The highest BCUT2D eigenvalue weighted by Crippen LogP contribution is 2.33. The summed E-state index contributed by atoms with van der Waals surface area (Å²) in [7, 11) is 2.01. The molecular weight excluding hydrogens is 172 g/mol. The zero-order valence-corrected chi connectivity index (χ0v) is 8.72. The topological polar surface area (TPSA) is 24.1 Å². The average molecular weight is 190 g/mol. The first-order chi connectivity index (χ1) is 6.92. The van der Waals surface area contributed by atoms with Crippen molar-refractivity contribution < 1.29 is 0 Å². The number of rotatable bonds is 4. The standard InChI is InChI=1S/C12H18N2/c1-13-8-4-5-10-9-14-12-7-3-2-6-11(10)12/h2-3,6-7,10,13-14H,4-5,8-9H2,1H3. The molecule has 1 heterocycles. The van der Waals surface area contributed by atoms with E-state index in [1.807, 2.05) is 7.05 Å². The quantitative estimate of drug-likeness (QED) is 0.711. The molecule has 0 aliphatic carbocycles. The Morgan fingerprint density at radius 3 is 3.14 bits per heavy atom. The van der Waals surface area contributed by atoms with E-state index >= 15 is 0 Å². The largest absolute Gasteiger partial charge is 0.384 e. The molecule has 1 unspecified atom stereocenters. The number of nitrogens with one attached hydrogen (secondary N) is 2. The Balaban J connectivity index is 1.96. The number of para-hydroxylation sites is 1. The van der Waals surface area contributed by atoms with Crippen LogP contribution in [0.5, 0.6) is 0 Å². The van der Waals surface area contributed by atoms with Crippen LogP contribution in [0.4, 0.5) is 5.69 Å². The normalized spacial score (nSPS) is 19.1. The zero-order valence-electron chi connectivity index (χ0n) is 8.72. The molecule has 1 aliphatic heterocycles. The minimum Gasteiger partial charge on any atom is -0.384 e. The number of benzene rings is 1. The van der Waals surface area contributed by atoms with E-state index in [0.717, 1.165) is 19.0 Å². The van der Waals surface area contributed by atoms with Gasteiger partial charge < -0.3 is 10.6 Å². The number of fused-ring (bicyclic) bond motifs is 1. The van der Waals surface area contributed by atoms with Gasteiger partial charge in [-0.25, -0.2) is 0 Å². The Morgan fingerprint density at radius 2 is 2.29 bits per heavy atom. The molecule has 76 valence electrons. The number of hydrogen-bond acceptors (Lipinski definition) is 2. The fourth-order valence-electron chi connectivity index (χ4n) is 2.14. The lowest BCUT2D eigenvalue weighted by molar-refractivity contribution is 0.606. The van der Waals surface area contributed by atoms with Gasteiger partial charge in [-0.05, 0) is 38.1 Å². The molecule has 0 spiro atoms. The minimum absolute atomic E-state index is 0.722. The first-order valence-electron chi connectivity index (χ1n) is 5.39. The summed E-state index contributed by atoms with van der Waals surface area (Å²) in [6.07, 6.45) is 2.54. The summed E-state index contributed by atoms with van der Waals surface area (Å²) in [5.41, 5.74) is 2.84. The maximum absolute atomic E-state index is 3.46. The summed E-state index contributed by atoms with van der Waals surface area (Å²) in [6, 6.07) is 8.66. The lowest BCUT2D eigenvalue weighted by Gasteiger charge is -2.09. The van der Waals surface area contributed by atoms with E-state index in [1.165, 1.54) is 24.1 Å². The third-order valence-corrected chi connectivity index (χ3v) is 2.92. The molecule has 14 heavy (non-hydrogen) atoms. The lowest BCUT2D eigenvalue weighted by Crippen LogP contribution is -2.10. The molecule has 1 aromatic rings. The van der Waals surface area contributed by atoms with Crippen LogP contribution in [0.1, 0.15) is 24.3 Å². The third-order valence-electron chi connectivity index (χ3n) is 2.92. The molecular formula is C12H18N2. The van der Waals surface area contributed by atoms with Gasteiger partial charge in [0.1, 0.15) is 0 Å². The van der Waals surface area contributed by atoms with Crippen molar-refractivity contribution in [3.05, 3.63) is 29.8 Å². The van der Waals surface area contributed by atoms with Gasteiger partial charge in [-0.3, -0.25) is 0 Å². The second-order valence-electron chi connectivity index (χ2n) is 3.91. The van der Waals surface area contributed by atoms with Crippen LogP contribution >= 0.6 is 0 Å². The van der Waals surface area contributed by atoms with Crippen LogP contribution in [0.25, 0.3) is 0 Å². The average Bonchev–Trinajstić information content (AvgIpc) is 2.63. The van der Waals surface area contributed by atoms with Gasteiger partial charge in [-0.2, -0.15) is 0 Å². The van der Waals surface area contributed by atoms with Gasteiger partial charge in [0.2, 0.25) is 0 Å². The van der Waals surface area contributed by atoms with Crippen molar-refractivity contribution in [2.75, 3.05) is 25.5 Å². The van der Waals surface area contributed by atoms with E-state index in [2.05, 4.69) is 34.9 Å². The fourth-order valence-corrected chi connectivity index (χ4v) is 2.14. The summed E-state index contributed by atoms with van der Waals surface area (Å²) in [6.45, 7) is 2.24. The minimum atomic E-state index is 0.722. The molecule has 0 amide bonds. The first kappa shape index (κ1) is 9.53. The van der Waals surface area contributed by atoms with E-state index in [-0.39, 0.29) is 0 Å². The SMILES string of the molecule is CNCCCC1CNc2ccccc21. The maximum Gasteiger partial charge on any atom is 0.0376 e. The summed E-state index contributed by atoms with van der Waals surface area (Å²) in [5.74, 6) is 0.722. The van der Waals surface area contributed by atoms with Crippen molar-refractivity contribution in [2.24, 2.45) is 0 Å². The van der Waals surface area contributed by atoms with Crippen LogP contribution in [-0.4, -0.2) is 20.1 Å². The van der Waals surface area contributed by atoms with Crippen molar-refractivity contribution in [1.29, 1.82) is 0 Å². The van der Waals surface area contributed by atoms with Crippen molar-refractivity contribution >= 4 is 5.69 Å². The highest BCUT2D eigenvalue weighted by Gasteiger charge is 2.20. The smallest absolute Gasteiger partial charge is 0.0376 e. The zero-order chi connectivity index (χ0) is 9.80. The summed E-state index contributed by atoms with van der Waals surface area (Å²) < 4.78 is 0. The van der Waals surface area contributed by atoms with E-state index < -0.39 is 0 Å². The van der Waals surface area contributed by atoms with Crippen LogP contribution < -0.4 is 10.6 Å². The van der Waals surface area contributed by atoms with Gasteiger partial charge in [0.15, 0.2) is 0 Å². The third kappa shape index (κ3) is 1.90. The van der Waals surface area contributed by atoms with Crippen LogP contribution in [-0.2, 0) is 0 Å². The number of hydrogen-bond donors (Lipinski definition) is 2. The molecule has 2 rings (SSSR count). The maximum atomic E-state index is 3.46. The molecule has 2 heteroatoms. The molecule has 1 aliphatic rings. The van der Waals surface area contributed by atoms with Crippen molar-refractivity contribution in [1.82, 2.24) is 5.32 Å². The molecule has 0 bridgehead atoms. The van der Waals surface area contributed by atoms with Gasteiger partial charge in [0.05, 0.1) is 0 Å². The molecule has 0 fully saturated rings. The van der Waals surface area contributed by atoms with E-state index in [9.17, 15) is 0 Å². The van der Waals surface area contributed by atoms with Crippen LogP contribution in [0, 0.1) is 0 Å². The van der Waals surface area contributed by atoms with Gasteiger partial charge in [-0.15, -0.1) is 0 Å². The van der Waals surface area contributed by atoms with Crippen LogP contribution in [0.3, 0.4) is 0 Å². The second kappa shape index (κ2) is 4.47. The summed E-state index contributed by atoms with van der Waals surface area (Å²) in [4.78, 5) is 0. The Hall–Kier alpha value is -1.02. The molecule has 1 atom stereocenters. The molecule has 2 nitrogen and oxygen atoms in total. The highest BCUT2D eigenvalue weighted by molar-refractivity contribution is 5.57. The van der Waals surface area contributed by atoms with Gasteiger partial charge >= 0.3 is 0 Å². The molecule has 1 aromatic carbocycles. The highest BCUT2D eigenvalue weighted by atomic mass is 14.9. The van der Waals surface area contributed by atoms with E-state index in [0.29, 0.717) is 0 Å².